The van der Waals surface area contributed by atoms with E-state index in [4.69, 9.17) is 13.9 Å². The maximum atomic E-state index is 12.2. The Hall–Kier alpha value is -1.59. The number of carbonyl (C=O) groups excluding carboxylic acids is 1. The van der Waals surface area contributed by atoms with Gasteiger partial charge in [-0.1, -0.05) is 0 Å². The summed E-state index contributed by atoms with van der Waals surface area (Å²) in [4.78, 5) is 12.2. The summed E-state index contributed by atoms with van der Waals surface area (Å²) in [6, 6.07) is 8.52. The molecule has 0 bridgehead atoms. The molecule has 2 aromatic rings. The number of rotatable bonds is 5. The number of ether oxygens (including phenoxy) is 2. The number of furan rings is 1. The van der Waals surface area contributed by atoms with Gasteiger partial charge in [-0.05, 0) is 46.3 Å². The van der Waals surface area contributed by atoms with E-state index in [1.807, 2.05) is 0 Å². The number of hydrogen-bond donors (Lipinski definition) is 0. The lowest BCUT2D eigenvalue weighted by atomic mass is 10.1. The minimum absolute atomic E-state index is 0.175. The maximum absolute atomic E-state index is 12.2. The van der Waals surface area contributed by atoms with Crippen molar-refractivity contribution in [3.63, 3.8) is 0 Å². The molecule has 0 aliphatic rings. The predicted octanol–water partition coefficient (Wildman–Crippen LogP) is 3.43. The molecule has 100 valence electrons. The van der Waals surface area contributed by atoms with Crippen molar-refractivity contribution >= 4 is 21.7 Å². The van der Waals surface area contributed by atoms with Crippen molar-refractivity contribution in [2.75, 3.05) is 14.2 Å². The molecular weight excluding hydrogens is 312 g/mol. The molecule has 0 saturated carbocycles. The molecule has 2 rings (SSSR count). The van der Waals surface area contributed by atoms with Gasteiger partial charge in [0.2, 0.25) is 5.78 Å². The van der Waals surface area contributed by atoms with Gasteiger partial charge in [-0.15, -0.1) is 0 Å². The normalized spacial score (nSPS) is 10.5. The van der Waals surface area contributed by atoms with Crippen LogP contribution in [0.15, 0.2) is 39.2 Å². The van der Waals surface area contributed by atoms with Gasteiger partial charge in [-0.25, -0.2) is 0 Å². The molecule has 5 heteroatoms. The Labute approximate surface area is 119 Å². The van der Waals surface area contributed by atoms with Crippen LogP contribution in [-0.4, -0.2) is 20.0 Å². The summed E-state index contributed by atoms with van der Waals surface area (Å²) in [6.07, 6.45) is 0. The van der Waals surface area contributed by atoms with Gasteiger partial charge in [0.05, 0.1) is 11.6 Å². The minimum atomic E-state index is -0.175. The molecule has 0 spiro atoms. The molecule has 1 heterocycles. The van der Waals surface area contributed by atoms with Gasteiger partial charge in [0.1, 0.15) is 18.1 Å². The second-order valence-electron chi connectivity index (χ2n) is 3.88. The van der Waals surface area contributed by atoms with Gasteiger partial charge in [0.25, 0.3) is 0 Å². The lowest BCUT2D eigenvalue weighted by Gasteiger charge is -2.04. The number of methoxy groups -OCH3 is 2. The van der Waals surface area contributed by atoms with Crippen LogP contribution in [0.2, 0.25) is 0 Å². The van der Waals surface area contributed by atoms with E-state index in [0.717, 1.165) is 4.47 Å². The summed E-state index contributed by atoms with van der Waals surface area (Å²) in [6.45, 7) is 0.347. The monoisotopic (exact) mass is 324 g/mol. The minimum Gasteiger partial charge on any atom is -0.496 e. The van der Waals surface area contributed by atoms with Gasteiger partial charge in [-0.2, -0.15) is 0 Å². The van der Waals surface area contributed by atoms with Crippen molar-refractivity contribution in [1.82, 2.24) is 0 Å². The third-order valence-electron chi connectivity index (χ3n) is 2.59. The largest absolute Gasteiger partial charge is 0.496 e. The van der Waals surface area contributed by atoms with Crippen LogP contribution in [0.1, 0.15) is 21.9 Å². The summed E-state index contributed by atoms with van der Waals surface area (Å²) >= 11 is 3.35. The number of hydrogen-bond acceptors (Lipinski definition) is 4. The first kappa shape index (κ1) is 13.8. The van der Waals surface area contributed by atoms with E-state index in [1.54, 1.807) is 44.6 Å². The van der Waals surface area contributed by atoms with Crippen molar-refractivity contribution in [3.8, 4) is 5.75 Å². The van der Waals surface area contributed by atoms with Crippen LogP contribution in [0.3, 0.4) is 0 Å². The second kappa shape index (κ2) is 6.04. The van der Waals surface area contributed by atoms with Crippen molar-refractivity contribution in [3.05, 3.63) is 51.9 Å². The first-order valence-electron chi connectivity index (χ1n) is 5.61. The van der Waals surface area contributed by atoms with Crippen LogP contribution < -0.4 is 4.74 Å². The zero-order valence-electron chi connectivity index (χ0n) is 10.6. The fourth-order valence-electron chi connectivity index (χ4n) is 1.67. The summed E-state index contributed by atoms with van der Waals surface area (Å²) in [5.74, 6) is 1.42. The second-order valence-corrected chi connectivity index (χ2v) is 4.73. The summed E-state index contributed by atoms with van der Waals surface area (Å²) < 4.78 is 16.2. The van der Waals surface area contributed by atoms with Crippen LogP contribution in [0, 0.1) is 0 Å². The summed E-state index contributed by atoms with van der Waals surface area (Å²) in [5.41, 5.74) is 0.533. The highest BCUT2D eigenvalue weighted by Gasteiger charge is 2.15. The number of benzene rings is 1. The average Bonchev–Trinajstić information content (AvgIpc) is 2.87. The van der Waals surface area contributed by atoms with E-state index >= 15 is 0 Å². The highest BCUT2D eigenvalue weighted by molar-refractivity contribution is 9.10. The molecule has 0 N–H and O–H groups in total. The van der Waals surface area contributed by atoms with Crippen LogP contribution in [-0.2, 0) is 11.3 Å². The van der Waals surface area contributed by atoms with Gasteiger partial charge < -0.3 is 13.9 Å². The molecule has 0 atom stereocenters. The molecule has 0 radical (unpaired) electrons. The molecule has 0 fully saturated rings. The standard InChI is InChI=1S/C14H13BrO4/c1-17-8-10-4-6-13(19-10)14(16)9-3-5-12(18-2)11(15)7-9/h3-7H,8H2,1-2H3. The lowest BCUT2D eigenvalue weighted by molar-refractivity contribution is 0.1000. The van der Waals surface area contributed by atoms with Gasteiger partial charge >= 0.3 is 0 Å². The van der Waals surface area contributed by atoms with Crippen molar-refractivity contribution in [2.24, 2.45) is 0 Å². The molecular formula is C14H13BrO4. The lowest BCUT2D eigenvalue weighted by Crippen LogP contribution is -2.00. The number of ketones is 1. The van der Waals surface area contributed by atoms with Crippen LogP contribution in [0.25, 0.3) is 0 Å². The van der Waals surface area contributed by atoms with Gasteiger partial charge in [0, 0.05) is 12.7 Å². The van der Waals surface area contributed by atoms with Crippen LogP contribution >= 0.6 is 15.9 Å². The van der Waals surface area contributed by atoms with E-state index < -0.39 is 0 Å². The smallest absolute Gasteiger partial charge is 0.228 e. The Bertz CT molecular complexity index is 589. The third-order valence-corrected chi connectivity index (χ3v) is 3.21. The van der Waals surface area contributed by atoms with E-state index in [0.29, 0.717) is 29.4 Å². The number of carbonyl (C=O) groups is 1. The Morgan fingerprint density at radius 2 is 2.05 bits per heavy atom. The molecule has 0 aliphatic heterocycles. The van der Waals surface area contributed by atoms with Crippen molar-refractivity contribution < 1.29 is 18.7 Å². The van der Waals surface area contributed by atoms with E-state index in [-0.39, 0.29) is 5.78 Å². The molecule has 19 heavy (non-hydrogen) atoms. The average molecular weight is 325 g/mol. The Morgan fingerprint density at radius 3 is 2.68 bits per heavy atom. The zero-order valence-corrected chi connectivity index (χ0v) is 12.2. The molecule has 1 aromatic carbocycles. The Kier molecular flexibility index (Phi) is 4.39. The van der Waals surface area contributed by atoms with Gasteiger partial charge in [0.15, 0.2) is 5.76 Å². The first-order valence-corrected chi connectivity index (χ1v) is 6.41. The summed E-state index contributed by atoms with van der Waals surface area (Å²) in [7, 11) is 3.15. The van der Waals surface area contributed by atoms with Crippen molar-refractivity contribution in [1.29, 1.82) is 0 Å². The summed E-state index contributed by atoms with van der Waals surface area (Å²) in [5, 5.41) is 0. The molecule has 0 amide bonds. The van der Waals surface area contributed by atoms with Crippen LogP contribution in [0.4, 0.5) is 0 Å². The zero-order chi connectivity index (χ0) is 13.8. The maximum Gasteiger partial charge on any atom is 0.228 e. The SMILES string of the molecule is COCc1ccc(C(=O)c2ccc(OC)c(Br)c2)o1. The highest BCUT2D eigenvalue weighted by Crippen LogP contribution is 2.26. The quantitative estimate of drug-likeness (QED) is 0.790. The molecule has 4 nitrogen and oxygen atoms in total. The third kappa shape index (κ3) is 3.05. The molecule has 0 aliphatic carbocycles. The molecule has 1 aromatic heterocycles. The number of halogens is 1. The Morgan fingerprint density at radius 1 is 1.26 bits per heavy atom. The van der Waals surface area contributed by atoms with Crippen molar-refractivity contribution in [2.45, 2.75) is 6.61 Å². The molecule has 0 unspecified atom stereocenters. The fraction of sp³-hybridized carbons (Fsp3) is 0.214. The topological polar surface area (TPSA) is 48.7 Å². The van der Waals surface area contributed by atoms with E-state index in [2.05, 4.69) is 15.9 Å². The molecule has 0 saturated heterocycles. The highest BCUT2D eigenvalue weighted by atomic mass is 79.9. The Balaban J connectivity index is 2.25. The first-order chi connectivity index (χ1) is 9.15. The predicted molar refractivity (Wildman–Crippen MR) is 73.5 cm³/mol. The van der Waals surface area contributed by atoms with Crippen LogP contribution in [0.5, 0.6) is 5.75 Å². The van der Waals surface area contributed by atoms with E-state index in [1.165, 1.54) is 0 Å². The van der Waals surface area contributed by atoms with Gasteiger partial charge in [-0.3, -0.25) is 4.79 Å². The van der Waals surface area contributed by atoms with E-state index in [9.17, 15) is 4.79 Å². The fourth-order valence-corrected chi connectivity index (χ4v) is 2.21.